The lowest BCUT2D eigenvalue weighted by Crippen LogP contribution is -2.34. The van der Waals surface area contributed by atoms with Crippen molar-refractivity contribution in [3.05, 3.63) is 33.8 Å². The number of carbonyl (C=O) groups excluding carboxylic acids is 1. The molecule has 0 aromatic heterocycles. The number of amides is 1. The summed E-state index contributed by atoms with van der Waals surface area (Å²) in [5.41, 5.74) is 2.28. The van der Waals surface area contributed by atoms with E-state index in [1.165, 1.54) is 6.92 Å². The maximum Gasteiger partial charge on any atom is 0.216 e. The van der Waals surface area contributed by atoms with E-state index in [9.17, 15) is 15.0 Å². The highest BCUT2D eigenvalue weighted by Gasteiger charge is 2.22. The lowest BCUT2D eigenvalue weighted by Gasteiger charge is -2.22. The van der Waals surface area contributed by atoms with Gasteiger partial charge in [-0.15, -0.1) is 0 Å². The maximum absolute atomic E-state index is 10.8. The number of nitrogens with one attached hydrogen (secondary N) is 1. The minimum absolute atomic E-state index is 0.0119. The van der Waals surface area contributed by atoms with Gasteiger partial charge in [0.05, 0.1) is 0 Å². The van der Waals surface area contributed by atoms with E-state index in [4.69, 9.17) is 11.6 Å². The van der Waals surface area contributed by atoms with Crippen molar-refractivity contribution in [3.8, 4) is 0 Å². The van der Waals surface area contributed by atoms with Crippen LogP contribution in [0, 0.1) is 13.8 Å². The number of carbonyl (C=O) groups is 1. The van der Waals surface area contributed by atoms with Gasteiger partial charge in [0.25, 0.3) is 0 Å². The van der Waals surface area contributed by atoms with E-state index < -0.39 is 12.2 Å². The molecular formula is C13H18ClNO3. The van der Waals surface area contributed by atoms with Gasteiger partial charge in [0.15, 0.2) is 0 Å². The van der Waals surface area contributed by atoms with E-state index in [1.54, 1.807) is 12.1 Å². The third-order valence-corrected chi connectivity index (χ3v) is 3.00. The molecule has 0 spiro atoms. The highest BCUT2D eigenvalue weighted by Crippen LogP contribution is 2.27. The smallest absolute Gasteiger partial charge is 0.216 e. The highest BCUT2D eigenvalue weighted by molar-refractivity contribution is 6.30. The Morgan fingerprint density at radius 3 is 2.28 bits per heavy atom. The van der Waals surface area contributed by atoms with Crippen LogP contribution in [0.3, 0.4) is 0 Å². The first-order valence-electron chi connectivity index (χ1n) is 5.70. The van der Waals surface area contributed by atoms with Crippen LogP contribution in [0.1, 0.15) is 29.7 Å². The minimum atomic E-state index is -1.05. The molecule has 5 heteroatoms. The molecule has 0 aliphatic rings. The van der Waals surface area contributed by atoms with Crippen molar-refractivity contribution >= 4 is 17.5 Å². The molecular weight excluding hydrogens is 254 g/mol. The van der Waals surface area contributed by atoms with Crippen molar-refractivity contribution in [3.63, 3.8) is 0 Å². The second-order valence-corrected chi connectivity index (χ2v) is 4.84. The molecule has 0 fully saturated rings. The van der Waals surface area contributed by atoms with Crippen LogP contribution in [0.2, 0.25) is 5.02 Å². The van der Waals surface area contributed by atoms with Gasteiger partial charge in [-0.1, -0.05) is 11.6 Å². The summed E-state index contributed by atoms with van der Waals surface area (Å²) in [6.45, 7) is 5.01. The van der Waals surface area contributed by atoms with Crippen molar-refractivity contribution in [1.29, 1.82) is 0 Å². The molecule has 18 heavy (non-hydrogen) atoms. The summed E-state index contributed by atoms with van der Waals surface area (Å²) < 4.78 is 0. The van der Waals surface area contributed by atoms with Crippen molar-refractivity contribution < 1.29 is 15.0 Å². The first kappa shape index (κ1) is 15.0. The average Bonchev–Trinajstić information content (AvgIpc) is 2.24. The Balaban J connectivity index is 2.89. The molecule has 0 heterocycles. The van der Waals surface area contributed by atoms with E-state index in [0.29, 0.717) is 10.6 Å². The van der Waals surface area contributed by atoms with Crippen LogP contribution in [0.5, 0.6) is 0 Å². The molecule has 0 bridgehead atoms. The number of aliphatic hydroxyl groups excluding tert-OH is 2. The number of hydrogen-bond acceptors (Lipinski definition) is 3. The zero-order valence-corrected chi connectivity index (χ0v) is 11.5. The molecule has 0 saturated heterocycles. The molecule has 1 aromatic carbocycles. The monoisotopic (exact) mass is 271 g/mol. The highest BCUT2D eigenvalue weighted by atomic mass is 35.5. The summed E-state index contributed by atoms with van der Waals surface area (Å²) in [6, 6.07) is 3.47. The lowest BCUT2D eigenvalue weighted by atomic mass is 9.95. The number of hydrogen-bond donors (Lipinski definition) is 3. The van der Waals surface area contributed by atoms with E-state index in [-0.39, 0.29) is 12.5 Å². The number of halogens is 1. The van der Waals surface area contributed by atoms with Crippen molar-refractivity contribution in [2.45, 2.75) is 33.0 Å². The Labute approximate surface area is 112 Å². The van der Waals surface area contributed by atoms with Gasteiger partial charge in [-0.25, -0.2) is 0 Å². The molecule has 1 amide bonds. The van der Waals surface area contributed by atoms with Crippen LogP contribution in [0.4, 0.5) is 0 Å². The fourth-order valence-corrected chi connectivity index (χ4v) is 2.27. The zero-order chi connectivity index (χ0) is 13.9. The largest absolute Gasteiger partial charge is 0.388 e. The number of benzene rings is 1. The molecule has 3 N–H and O–H groups in total. The van der Waals surface area contributed by atoms with Gasteiger partial charge < -0.3 is 15.5 Å². The number of rotatable bonds is 4. The second-order valence-electron chi connectivity index (χ2n) is 4.40. The molecule has 2 atom stereocenters. The quantitative estimate of drug-likeness (QED) is 0.777. The summed E-state index contributed by atoms with van der Waals surface area (Å²) in [6.07, 6.45) is -2.10. The lowest BCUT2D eigenvalue weighted by molar-refractivity contribution is -0.119. The predicted octanol–water partition coefficient (Wildman–Crippen LogP) is 1.49. The topological polar surface area (TPSA) is 69.6 Å². The summed E-state index contributed by atoms with van der Waals surface area (Å²) in [7, 11) is 0. The standard InChI is InChI=1S/C13H18ClNO3/c1-7-4-10(14)5-8(2)12(7)13(18)11(17)6-15-9(3)16/h4-5,11,13,17-18H,6H2,1-3H3,(H,15,16). The summed E-state index contributed by atoms with van der Waals surface area (Å²) >= 11 is 5.91. The molecule has 100 valence electrons. The van der Waals surface area contributed by atoms with Gasteiger partial charge in [-0.3, -0.25) is 4.79 Å². The fraction of sp³-hybridized carbons (Fsp3) is 0.462. The SMILES string of the molecule is CC(=O)NCC(O)C(O)c1c(C)cc(Cl)cc1C. The van der Waals surface area contributed by atoms with Crippen LogP contribution in [0.15, 0.2) is 12.1 Å². The van der Waals surface area contributed by atoms with E-state index in [0.717, 1.165) is 11.1 Å². The second kappa shape index (κ2) is 6.18. The Morgan fingerprint density at radius 2 is 1.83 bits per heavy atom. The van der Waals surface area contributed by atoms with E-state index in [1.807, 2.05) is 13.8 Å². The zero-order valence-electron chi connectivity index (χ0n) is 10.7. The maximum atomic E-state index is 10.8. The molecule has 0 saturated carbocycles. The minimum Gasteiger partial charge on any atom is -0.388 e. The summed E-state index contributed by atoms with van der Waals surface area (Å²) in [4.78, 5) is 10.8. The number of aryl methyl sites for hydroxylation is 2. The van der Waals surface area contributed by atoms with Gasteiger partial charge in [0.1, 0.15) is 12.2 Å². The third-order valence-electron chi connectivity index (χ3n) is 2.78. The Hall–Kier alpha value is -1.10. The summed E-state index contributed by atoms with van der Waals surface area (Å²) in [5, 5.41) is 23.0. The van der Waals surface area contributed by atoms with Crippen LogP contribution in [-0.2, 0) is 4.79 Å². The first-order valence-corrected chi connectivity index (χ1v) is 6.08. The van der Waals surface area contributed by atoms with Gasteiger partial charge in [-0.05, 0) is 42.7 Å². The Bertz CT molecular complexity index is 425. The molecule has 0 aliphatic heterocycles. The van der Waals surface area contributed by atoms with Crippen LogP contribution >= 0.6 is 11.6 Å². The Kier molecular flexibility index (Phi) is 5.14. The first-order chi connectivity index (χ1) is 8.32. The van der Waals surface area contributed by atoms with Crippen LogP contribution in [-0.4, -0.2) is 28.8 Å². The van der Waals surface area contributed by atoms with Gasteiger partial charge in [0, 0.05) is 18.5 Å². The molecule has 1 aromatic rings. The van der Waals surface area contributed by atoms with Crippen LogP contribution < -0.4 is 5.32 Å². The third kappa shape index (κ3) is 3.70. The van der Waals surface area contributed by atoms with Crippen molar-refractivity contribution in [2.24, 2.45) is 0 Å². The van der Waals surface area contributed by atoms with E-state index >= 15 is 0 Å². The van der Waals surface area contributed by atoms with E-state index in [2.05, 4.69) is 5.32 Å². The number of aliphatic hydroxyl groups is 2. The molecule has 2 unspecified atom stereocenters. The van der Waals surface area contributed by atoms with Gasteiger partial charge in [0.2, 0.25) is 5.91 Å². The van der Waals surface area contributed by atoms with Crippen molar-refractivity contribution in [1.82, 2.24) is 5.32 Å². The molecule has 1 rings (SSSR count). The fourth-order valence-electron chi connectivity index (χ4n) is 1.94. The molecule has 0 aliphatic carbocycles. The van der Waals surface area contributed by atoms with Gasteiger partial charge in [-0.2, -0.15) is 0 Å². The molecule has 0 radical (unpaired) electrons. The molecule has 4 nitrogen and oxygen atoms in total. The normalized spacial score (nSPS) is 14.1. The van der Waals surface area contributed by atoms with Crippen LogP contribution in [0.25, 0.3) is 0 Å². The average molecular weight is 272 g/mol. The summed E-state index contributed by atoms with van der Waals surface area (Å²) in [5.74, 6) is -0.245. The Morgan fingerprint density at radius 1 is 1.33 bits per heavy atom. The van der Waals surface area contributed by atoms with Crippen molar-refractivity contribution in [2.75, 3.05) is 6.54 Å². The predicted molar refractivity (Wildman–Crippen MR) is 70.6 cm³/mol. The van der Waals surface area contributed by atoms with Gasteiger partial charge >= 0.3 is 0 Å².